The summed E-state index contributed by atoms with van der Waals surface area (Å²) in [5.74, 6) is 0.156. The smallest absolute Gasteiger partial charge is 0.250 e. The average Bonchev–Trinajstić information content (AvgIpc) is 2.03. The lowest BCUT2D eigenvalue weighted by Gasteiger charge is -2.10. The summed E-state index contributed by atoms with van der Waals surface area (Å²) in [7, 11) is 0. The van der Waals surface area contributed by atoms with Crippen molar-refractivity contribution in [2.75, 3.05) is 0 Å². The zero-order valence-electron chi connectivity index (χ0n) is 6.89. The molecule has 0 fully saturated rings. The number of nitrogens with two attached hydrogens (primary N) is 1. The van der Waals surface area contributed by atoms with Crippen LogP contribution in [0.1, 0.15) is 17.1 Å². The molecule has 1 heterocycles. The van der Waals surface area contributed by atoms with Gasteiger partial charge in [0.2, 0.25) is 3.79 Å². The molecule has 2 N–H and O–H groups in total. The standard InChI is InChI=1S/C7H8Cl3N3/c1-4-3-12-6(7(8,9)10)13-5(4)2-11/h3H,2,11H2,1H3. The molecular formula is C7H8Cl3N3. The number of alkyl halides is 3. The van der Waals surface area contributed by atoms with E-state index in [1.807, 2.05) is 6.92 Å². The lowest BCUT2D eigenvalue weighted by Crippen LogP contribution is -2.12. The van der Waals surface area contributed by atoms with Crippen molar-refractivity contribution >= 4 is 34.8 Å². The molecule has 0 bridgehead atoms. The van der Waals surface area contributed by atoms with Crippen LogP contribution in [0.3, 0.4) is 0 Å². The van der Waals surface area contributed by atoms with E-state index in [2.05, 4.69) is 9.97 Å². The molecule has 0 aliphatic heterocycles. The Morgan fingerprint density at radius 1 is 1.46 bits per heavy atom. The van der Waals surface area contributed by atoms with Crippen molar-refractivity contribution in [2.45, 2.75) is 17.3 Å². The third kappa shape index (κ3) is 2.68. The van der Waals surface area contributed by atoms with E-state index >= 15 is 0 Å². The maximum Gasteiger partial charge on any atom is 0.250 e. The number of aromatic nitrogens is 2. The second kappa shape index (κ2) is 3.96. The third-order valence-corrected chi connectivity index (χ3v) is 2.03. The second-order valence-corrected chi connectivity index (χ2v) is 4.81. The number of rotatable bonds is 1. The van der Waals surface area contributed by atoms with Crippen LogP contribution in [0.15, 0.2) is 6.20 Å². The summed E-state index contributed by atoms with van der Waals surface area (Å²) in [5.41, 5.74) is 7.02. The Bertz CT molecular complexity index is 308. The normalized spacial score (nSPS) is 11.8. The largest absolute Gasteiger partial charge is 0.325 e. The van der Waals surface area contributed by atoms with Gasteiger partial charge in [0.1, 0.15) is 0 Å². The highest BCUT2D eigenvalue weighted by molar-refractivity contribution is 6.66. The minimum atomic E-state index is -1.59. The quantitative estimate of drug-likeness (QED) is 0.765. The Labute approximate surface area is 91.2 Å². The molecule has 3 nitrogen and oxygen atoms in total. The van der Waals surface area contributed by atoms with Gasteiger partial charge in [-0.05, 0) is 12.5 Å². The van der Waals surface area contributed by atoms with Crippen molar-refractivity contribution in [1.29, 1.82) is 0 Å². The maximum atomic E-state index is 5.60. The topological polar surface area (TPSA) is 51.8 Å². The van der Waals surface area contributed by atoms with Crippen molar-refractivity contribution in [3.05, 3.63) is 23.3 Å². The van der Waals surface area contributed by atoms with Crippen LogP contribution in [0.2, 0.25) is 0 Å². The van der Waals surface area contributed by atoms with Gasteiger partial charge in [-0.25, -0.2) is 9.97 Å². The number of hydrogen-bond acceptors (Lipinski definition) is 3. The Morgan fingerprint density at radius 2 is 2.08 bits per heavy atom. The van der Waals surface area contributed by atoms with E-state index in [0.717, 1.165) is 5.56 Å². The van der Waals surface area contributed by atoms with Gasteiger partial charge >= 0.3 is 0 Å². The zero-order chi connectivity index (χ0) is 10.1. The van der Waals surface area contributed by atoms with E-state index in [4.69, 9.17) is 40.5 Å². The first-order valence-electron chi connectivity index (χ1n) is 3.55. The van der Waals surface area contributed by atoms with Crippen molar-refractivity contribution < 1.29 is 0 Å². The van der Waals surface area contributed by atoms with E-state index in [9.17, 15) is 0 Å². The first kappa shape index (κ1) is 11.0. The van der Waals surface area contributed by atoms with Gasteiger partial charge in [0.15, 0.2) is 5.82 Å². The molecule has 1 aromatic heterocycles. The van der Waals surface area contributed by atoms with Crippen molar-refractivity contribution in [3.63, 3.8) is 0 Å². The van der Waals surface area contributed by atoms with E-state index in [-0.39, 0.29) is 5.82 Å². The van der Waals surface area contributed by atoms with Crippen LogP contribution in [0.5, 0.6) is 0 Å². The summed E-state index contributed by atoms with van der Waals surface area (Å²) in [6.07, 6.45) is 1.59. The van der Waals surface area contributed by atoms with Gasteiger partial charge in [0.05, 0.1) is 5.69 Å². The molecule has 0 atom stereocenters. The number of hydrogen-bond donors (Lipinski definition) is 1. The van der Waals surface area contributed by atoms with Crippen LogP contribution in [0.25, 0.3) is 0 Å². The highest BCUT2D eigenvalue weighted by atomic mass is 35.6. The fraction of sp³-hybridized carbons (Fsp3) is 0.429. The lowest BCUT2D eigenvalue weighted by atomic mass is 10.2. The van der Waals surface area contributed by atoms with Crippen LogP contribution in [-0.2, 0) is 10.3 Å². The summed E-state index contributed by atoms with van der Waals surface area (Å²) in [6, 6.07) is 0. The first-order chi connectivity index (χ1) is 5.95. The van der Waals surface area contributed by atoms with Gasteiger partial charge in [-0.15, -0.1) is 0 Å². The van der Waals surface area contributed by atoms with Crippen molar-refractivity contribution in [3.8, 4) is 0 Å². The maximum absolute atomic E-state index is 5.60. The molecule has 0 spiro atoms. The Morgan fingerprint density at radius 3 is 2.54 bits per heavy atom. The Kier molecular flexibility index (Phi) is 3.35. The highest BCUT2D eigenvalue weighted by Crippen LogP contribution is 2.35. The molecule has 1 rings (SSSR count). The fourth-order valence-corrected chi connectivity index (χ4v) is 1.09. The summed E-state index contributed by atoms with van der Waals surface area (Å²) in [6.45, 7) is 2.16. The Hall–Kier alpha value is -0.0900. The molecule has 0 aliphatic rings. The molecule has 0 unspecified atom stereocenters. The monoisotopic (exact) mass is 239 g/mol. The minimum absolute atomic E-state index is 0.156. The minimum Gasteiger partial charge on any atom is -0.325 e. The van der Waals surface area contributed by atoms with Crippen LogP contribution >= 0.6 is 34.8 Å². The zero-order valence-corrected chi connectivity index (χ0v) is 9.16. The third-order valence-electron chi connectivity index (χ3n) is 1.52. The van der Waals surface area contributed by atoms with Gasteiger partial charge in [-0.2, -0.15) is 0 Å². The second-order valence-electron chi connectivity index (χ2n) is 2.53. The summed E-state index contributed by atoms with van der Waals surface area (Å²) in [4.78, 5) is 7.93. The van der Waals surface area contributed by atoms with E-state index in [0.29, 0.717) is 12.2 Å². The van der Waals surface area contributed by atoms with Crippen LogP contribution in [0.4, 0.5) is 0 Å². The van der Waals surface area contributed by atoms with Crippen LogP contribution < -0.4 is 5.73 Å². The SMILES string of the molecule is Cc1cnc(C(Cl)(Cl)Cl)nc1CN. The fourth-order valence-electron chi connectivity index (χ4n) is 0.821. The van der Waals surface area contributed by atoms with Gasteiger partial charge in [-0.3, -0.25) is 0 Å². The lowest BCUT2D eigenvalue weighted by molar-refractivity contribution is 0.872. The van der Waals surface area contributed by atoms with Crippen LogP contribution in [-0.4, -0.2) is 9.97 Å². The van der Waals surface area contributed by atoms with Gasteiger partial charge < -0.3 is 5.73 Å². The van der Waals surface area contributed by atoms with Gasteiger partial charge in [0, 0.05) is 12.7 Å². The molecule has 0 aliphatic carbocycles. The van der Waals surface area contributed by atoms with Crippen LogP contribution in [0, 0.1) is 6.92 Å². The number of aryl methyl sites for hydroxylation is 1. The van der Waals surface area contributed by atoms with E-state index in [1.165, 1.54) is 0 Å². The van der Waals surface area contributed by atoms with E-state index in [1.54, 1.807) is 6.20 Å². The van der Waals surface area contributed by atoms with Crippen molar-refractivity contribution in [1.82, 2.24) is 9.97 Å². The van der Waals surface area contributed by atoms with E-state index < -0.39 is 3.79 Å². The Balaban J connectivity index is 3.14. The first-order valence-corrected chi connectivity index (χ1v) is 4.68. The molecule has 0 saturated carbocycles. The average molecular weight is 241 g/mol. The predicted molar refractivity (Wildman–Crippen MR) is 53.9 cm³/mol. The molecule has 0 amide bonds. The number of halogens is 3. The molecule has 1 aromatic rings. The van der Waals surface area contributed by atoms with Gasteiger partial charge in [-0.1, -0.05) is 34.8 Å². The predicted octanol–water partition coefficient (Wildman–Crippen LogP) is 2.07. The molecule has 0 aromatic carbocycles. The van der Waals surface area contributed by atoms with Gasteiger partial charge in [0.25, 0.3) is 0 Å². The molecule has 13 heavy (non-hydrogen) atoms. The molecule has 0 radical (unpaired) electrons. The molecule has 72 valence electrons. The molecule has 6 heteroatoms. The van der Waals surface area contributed by atoms with Crippen molar-refractivity contribution in [2.24, 2.45) is 5.73 Å². The number of nitrogens with zero attached hydrogens (tertiary/aromatic N) is 2. The molecule has 0 saturated heterocycles. The highest BCUT2D eigenvalue weighted by Gasteiger charge is 2.26. The summed E-state index contributed by atoms with van der Waals surface area (Å²) in [5, 5.41) is 0. The molecular weight excluding hydrogens is 232 g/mol. The summed E-state index contributed by atoms with van der Waals surface area (Å²) >= 11 is 16.8. The summed E-state index contributed by atoms with van der Waals surface area (Å²) < 4.78 is -1.59.